The Morgan fingerprint density at radius 1 is 0.889 bits per heavy atom. The molecule has 2 aromatic rings. The molecule has 1 N–H and O–H groups in total. The highest BCUT2D eigenvalue weighted by atomic mass is 16.5. The van der Waals surface area contributed by atoms with Crippen molar-refractivity contribution in [2.45, 2.75) is 12.8 Å². The molecule has 0 radical (unpaired) electrons. The van der Waals surface area contributed by atoms with Gasteiger partial charge in [0.2, 0.25) is 11.5 Å². The van der Waals surface area contributed by atoms with Crippen LogP contribution in [0.2, 0.25) is 0 Å². The van der Waals surface area contributed by atoms with E-state index < -0.39 is 24.0 Å². The monoisotopic (exact) mass is 372 g/mol. The van der Waals surface area contributed by atoms with Crippen LogP contribution in [-0.2, 0) is 16.0 Å². The summed E-state index contributed by atoms with van der Waals surface area (Å²) in [5.41, 5.74) is 1.69. The van der Waals surface area contributed by atoms with E-state index in [4.69, 9.17) is 19.3 Å². The minimum Gasteiger partial charge on any atom is -0.492 e. The molecular weight excluding hydrogens is 352 g/mol. The van der Waals surface area contributed by atoms with Crippen LogP contribution in [0.4, 0.5) is 0 Å². The number of aliphatic carboxylic acids is 1. The summed E-state index contributed by atoms with van der Waals surface area (Å²) in [5.74, 6) is -2.82. The molecule has 0 spiro atoms. The summed E-state index contributed by atoms with van der Waals surface area (Å²) in [6, 6.07) is 11.1. The van der Waals surface area contributed by atoms with Crippen LogP contribution in [0.5, 0.6) is 17.2 Å². The molecule has 0 aromatic heterocycles. The molecule has 27 heavy (non-hydrogen) atoms. The van der Waals surface area contributed by atoms with Gasteiger partial charge in [-0.25, -0.2) is 4.79 Å². The number of rotatable bonds is 9. The summed E-state index contributed by atoms with van der Waals surface area (Å²) in [4.78, 5) is 34.8. The number of ketones is 2. The first-order chi connectivity index (χ1) is 12.9. The fourth-order valence-electron chi connectivity index (χ4n) is 2.76. The summed E-state index contributed by atoms with van der Waals surface area (Å²) >= 11 is 0. The zero-order valence-corrected chi connectivity index (χ0v) is 15.3. The van der Waals surface area contributed by atoms with Gasteiger partial charge in [0.05, 0.1) is 33.3 Å². The van der Waals surface area contributed by atoms with Gasteiger partial charge in [-0.05, 0) is 11.6 Å². The molecule has 0 saturated carbocycles. The molecule has 0 bridgehead atoms. The lowest BCUT2D eigenvalue weighted by molar-refractivity contribution is -0.148. The van der Waals surface area contributed by atoms with Crippen LogP contribution >= 0.6 is 0 Å². The summed E-state index contributed by atoms with van der Waals surface area (Å²) in [6.07, 6.45) is -0.330. The molecule has 0 heterocycles. The lowest BCUT2D eigenvalue weighted by Gasteiger charge is -2.19. The Balaban J connectivity index is 2.57. The molecular formula is C20H20O7. The summed E-state index contributed by atoms with van der Waals surface area (Å²) in [7, 11) is 4.23. The number of hydrogen-bond acceptors (Lipinski definition) is 6. The van der Waals surface area contributed by atoms with Crippen LogP contribution in [-0.4, -0.2) is 44.0 Å². The second-order valence-corrected chi connectivity index (χ2v) is 5.67. The number of Topliss-reactive ketones (excluding diaryl/α,β-unsaturated/α-hetero) is 2. The Labute approximate surface area is 156 Å². The van der Waals surface area contributed by atoms with Crippen LogP contribution in [0.15, 0.2) is 36.4 Å². The quantitative estimate of drug-likeness (QED) is 0.410. The first-order valence-corrected chi connectivity index (χ1v) is 8.08. The topological polar surface area (TPSA) is 99.1 Å². The van der Waals surface area contributed by atoms with Crippen LogP contribution < -0.4 is 14.2 Å². The lowest BCUT2D eigenvalue weighted by Crippen LogP contribution is -2.18. The maximum atomic E-state index is 12.6. The zero-order valence-electron chi connectivity index (χ0n) is 15.3. The normalized spacial score (nSPS) is 10.2. The van der Waals surface area contributed by atoms with Crippen molar-refractivity contribution in [3.8, 4) is 17.2 Å². The van der Waals surface area contributed by atoms with E-state index in [0.29, 0.717) is 17.7 Å². The molecule has 7 nitrogen and oxygen atoms in total. The molecule has 7 heteroatoms. The third kappa shape index (κ3) is 4.44. The Hall–Kier alpha value is -3.35. The molecule has 0 aliphatic carbocycles. The number of carbonyl (C=O) groups is 3. The molecule has 0 saturated heterocycles. The first-order valence-electron chi connectivity index (χ1n) is 8.08. The highest BCUT2D eigenvalue weighted by Crippen LogP contribution is 2.43. The number of ether oxygens (including phenoxy) is 3. The number of methoxy groups -OCH3 is 3. The van der Waals surface area contributed by atoms with Crippen LogP contribution in [0.3, 0.4) is 0 Å². The zero-order chi connectivity index (χ0) is 20.0. The SMILES string of the molecule is COc1c(Cc2ccccc2)cc(C(=O)CC(=O)C(=O)O)c(OC)c1OC. The number of carbonyl (C=O) groups excluding carboxylic acids is 2. The maximum absolute atomic E-state index is 12.6. The van der Waals surface area contributed by atoms with Crippen molar-refractivity contribution in [1.29, 1.82) is 0 Å². The summed E-state index contributed by atoms with van der Waals surface area (Å²) in [5, 5.41) is 8.76. The summed E-state index contributed by atoms with van der Waals surface area (Å²) < 4.78 is 16.1. The van der Waals surface area contributed by atoms with E-state index in [-0.39, 0.29) is 17.1 Å². The number of carboxylic acids is 1. The van der Waals surface area contributed by atoms with Gasteiger partial charge in [-0.15, -0.1) is 0 Å². The predicted molar refractivity (Wildman–Crippen MR) is 96.9 cm³/mol. The van der Waals surface area contributed by atoms with Crippen molar-refractivity contribution in [2.24, 2.45) is 0 Å². The number of benzene rings is 2. The minimum absolute atomic E-state index is 0.0654. The third-order valence-electron chi connectivity index (χ3n) is 3.98. The van der Waals surface area contributed by atoms with Gasteiger partial charge in [0, 0.05) is 12.0 Å². The van der Waals surface area contributed by atoms with Gasteiger partial charge in [0.1, 0.15) is 0 Å². The fraction of sp³-hybridized carbons (Fsp3) is 0.250. The summed E-state index contributed by atoms with van der Waals surface area (Å²) in [6.45, 7) is 0. The van der Waals surface area contributed by atoms with Crippen LogP contribution in [0, 0.1) is 0 Å². The van der Waals surface area contributed by atoms with Gasteiger partial charge in [0.25, 0.3) is 0 Å². The van der Waals surface area contributed by atoms with Crippen molar-refractivity contribution in [2.75, 3.05) is 21.3 Å². The molecule has 0 fully saturated rings. The average Bonchev–Trinajstić information content (AvgIpc) is 2.67. The Morgan fingerprint density at radius 3 is 2.00 bits per heavy atom. The fourth-order valence-corrected chi connectivity index (χ4v) is 2.76. The van der Waals surface area contributed by atoms with Crippen molar-refractivity contribution in [1.82, 2.24) is 0 Å². The van der Waals surface area contributed by atoms with Crippen molar-refractivity contribution in [3.05, 3.63) is 53.1 Å². The predicted octanol–water partition coefficient (Wildman–Crippen LogP) is 2.53. The van der Waals surface area contributed by atoms with E-state index in [1.165, 1.54) is 21.3 Å². The first kappa shape index (κ1) is 20.0. The van der Waals surface area contributed by atoms with Crippen LogP contribution in [0.25, 0.3) is 0 Å². The van der Waals surface area contributed by atoms with E-state index >= 15 is 0 Å². The minimum atomic E-state index is -1.66. The van der Waals surface area contributed by atoms with Gasteiger partial charge in [-0.1, -0.05) is 30.3 Å². The van der Waals surface area contributed by atoms with Crippen molar-refractivity contribution >= 4 is 17.5 Å². The average molecular weight is 372 g/mol. The Kier molecular flexibility index (Phi) is 6.54. The van der Waals surface area contributed by atoms with Gasteiger partial charge in [-0.3, -0.25) is 9.59 Å². The standard InChI is InChI=1S/C20H20O7/c1-25-17-13(9-12-7-5-4-6-8-12)10-14(18(26-2)19(17)27-3)15(21)11-16(22)20(23)24/h4-8,10H,9,11H2,1-3H3,(H,23,24). The number of carboxylic acid groups (broad SMARTS) is 1. The molecule has 2 rings (SSSR count). The third-order valence-corrected chi connectivity index (χ3v) is 3.98. The van der Waals surface area contributed by atoms with E-state index in [1.807, 2.05) is 30.3 Å². The van der Waals surface area contributed by atoms with Crippen molar-refractivity contribution < 1.29 is 33.7 Å². The Bertz CT molecular complexity index is 856. The molecule has 0 aliphatic heterocycles. The van der Waals surface area contributed by atoms with E-state index in [0.717, 1.165) is 5.56 Å². The highest BCUT2D eigenvalue weighted by Gasteiger charge is 2.27. The molecule has 0 aliphatic rings. The maximum Gasteiger partial charge on any atom is 0.372 e. The van der Waals surface area contributed by atoms with Gasteiger partial charge >= 0.3 is 5.97 Å². The molecule has 142 valence electrons. The molecule has 2 aromatic carbocycles. The Morgan fingerprint density at radius 2 is 1.48 bits per heavy atom. The molecule has 0 amide bonds. The smallest absolute Gasteiger partial charge is 0.372 e. The van der Waals surface area contributed by atoms with E-state index in [2.05, 4.69) is 0 Å². The molecule has 0 unspecified atom stereocenters. The second-order valence-electron chi connectivity index (χ2n) is 5.67. The van der Waals surface area contributed by atoms with E-state index in [9.17, 15) is 14.4 Å². The van der Waals surface area contributed by atoms with Gasteiger partial charge in [0.15, 0.2) is 17.3 Å². The van der Waals surface area contributed by atoms with Gasteiger partial charge in [-0.2, -0.15) is 0 Å². The number of hydrogen-bond donors (Lipinski definition) is 1. The highest BCUT2D eigenvalue weighted by molar-refractivity contribution is 6.37. The molecule has 0 atom stereocenters. The van der Waals surface area contributed by atoms with Crippen LogP contribution in [0.1, 0.15) is 27.9 Å². The largest absolute Gasteiger partial charge is 0.492 e. The lowest BCUT2D eigenvalue weighted by atomic mass is 9.96. The second kappa shape index (κ2) is 8.84. The van der Waals surface area contributed by atoms with E-state index in [1.54, 1.807) is 6.07 Å². The van der Waals surface area contributed by atoms with Crippen molar-refractivity contribution in [3.63, 3.8) is 0 Å². The van der Waals surface area contributed by atoms with Gasteiger partial charge < -0.3 is 19.3 Å².